The van der Waals surface area contributed by atoms with Crippen LogP contribution in [-0.4, -0.2) is 18.6 Å². The minimum absolute atomic E-state index is 0.0501. The number of alkyl halides is 1. The van der Waals surface area contributed by atoms with Gasteiger partial charge in [-0.05, 0) is 19.1 Å². The van der Waals surface area contributed by atoms with Gasteiger partial charge in [-0.25, -0.2) is 0 Å². The first kappa shape index (κ1) is 9.46. The highest BCUT2D eigenvalue weighted by atomic mass is 35.5. The summed E-state index contributed by atoms with van der Waals surface area (Å²) >= 11 is 7.37. The second-order valence-corrected chi connectivity index (χ2v) is 4.65. The monoisotopic (exact) mass is 218 g/mol. The van der Waals surface area contributed by atoms with E-state index in [1.54, 1.807) is 11.3 Å². The molecule has 1 aromatic rings. The molecule has 1 aromatic heterocycles. The van der Waals surface area contributed by atoms with Crippen molar-refractivity contribution in [2.24, 2.45) is 0 Å². The highest BCUT2D eigenvalue weighted by Crippen LogP contribution is 2.31. The standard InChI is InChI=1S/C9H11ClO2S/c1-6-2-3-8(13-6)9-11-5-7(4-10)12-9/h2-3,7,9H,4-5H2,1H3/t7-,9+/m1/s1. The maximum atomic E-state index is 5.66. The molecule has 13 heavy (non-hydrogen) atoms. The molecule has 72 valence electrons. The van der Waals surface area contributed by atoms with E-state index in [0.29, 0.717) is 12.5 Å². The van der Waals surface area contributed by atoms with Crippen molar-refractivity contribution in [2.75, 3.05) is 12.5 Å². The van der Waals surface area contributed by atoms with E-state index in [0.717, 1.165) is 4.88 Å². The van der Waals surface area contributed by atoms with Crippen LogP contribution in [-0.2, 0) is 9.47 Å². The average Bonchev–Trinajstić information content (AvgIpc) is 2.71. The zero-order chi connectivity index (χ0) is 9.26. The van der Waals surface area contributed by atoms with E-state index in [1.165, 1.54) is 4.88 Å². The van der Waals surface area contributed by atoms with Crippen LogP contribution in [0.3, 0.4) is 0 Å². The number of hydrogen-bond acceptors (Lipinski definition) is 3. The molecule has 0 radical (unpaired) electrons. The number of thiophene rings is 1. The van der Waals surface area contributed by atoms with E-state index in [-0.39, 0.29) is 12.4 Å². The fourth-order valence-electron chi connectivity index (χ4n) is 1.26. The van der Waals surface area contributed by atoms with Crippen LogP contribution >= 0.6 is 22.9 Å². The first-order valence-corrected chi connectivity index (χ1v) is 5.54. The second-order valence-electron chi connectivity index (χ2n) is 3.03. The van der Waals surface area contributed by atoms with Crippen molar-refractivity contribution in [2.45, 2.75) is 19.3 Å². The Bertz CT molecular complexity index is 287. The van der Waals surface area contributed by atoms with Crippen LogP contribution in [0.25, 0.3) is 0 Å². The lowest BCUT2D eigenvalue weighted by molar-refractivity contribution is -0.0540. The van der Waals surface area contributed by atoms with Crippen molar-refractivity contribution in [1.82, 2.24) is 0 Å². The van der Waals surface area contributed by atoms with Crippen LogP contribution in [0.4, 0.5) is 0 Å². The second kappa shape index (κ2) is 3.96. The molecule has 4 heteroatoms. The van der Waals surface area contributed by atoms with Crippen LogP contribution in [0.5, 0.6) is 0 Å². The average molecular weight is 219 g/mol. The maximum absolute atomic E-state index is 5.66. The first-order valence-electron chi connectivity index (χ1n) is 4.19. The summed E-state index contributed by atoms with van der Waals surface area (Å²) in [6.45, 7) is 2.67. The molecular weight excluding hydrogens is 208 g/mol. The van der Waals surface area contributed by atoms with Crippen molar-refractivity contribution in [3.63, 3.8) is 0 Å². The van der Waals surface area contributed by atoms with Gasteiger partial charge in [-0.15, -0.1) is 22.9 Å². The van der Waals surface area contributed by atoms with Crippen LogP contribution in [0.1, 0.15) is 16.0 Å². The summed E-state index contributed by atoms with van der Waals surface area (Å²) < 4.78 is 11.0. The molecule has 1 fully saturated rings. The summed E-state index contributed by atoms with van der Waals surface area (Å²) in [6, 6.07) is 4.11. The Morgan fingerprint density at radius 2 is 2.46 bits per heavy atom. The molecule has 0 N–H and O–H groups in total. The predicted molar refractivity (Wildman–Crippen MR) is 53.3 cm³/mol. The molecule has 1 saturated heterocycles. The zero-order valence-corrected chi connectivity index (χ0v) is 8.90. The third-order valence-corrected chi connectivity index (χ3v) is 3.28. The Hall–Kier alpha value is -0.0900. The van der Waals surface area contributed by atoms with Crippen LogP contribution in [0.2, 0.25) is 0 Å². The van der Waals surface area contributed by atoms with Gasteiger partial charge in [-0.1, -0.05) is 0 Å². The Morgan fingerprint density at radius 1 is 1.62 bits per heavy atom. The highest BCUT2D eigenvalue weighted by molar-refractivity contribution is 7.11. The fraction of sp³-hybridized carbons (Fsp3) is 0.556. The summed E-state index contributed by atoms with van der Waals surface area (Å²) in [7, 11) is 0. The largest absolute Gasteiger partial charge is 0.345 e. The Kier molecular flexibility index (Phi) is 2.89. The van der Waals surface area contributed by atoms with Gasteiger partial charge in [-0.2, -0.15) is 0 Å². The van der Waals surface area contributed by atoms with E-state index >= 15 is 0 Å². The maximum Gasteiger partial charge on any atom is 0.193 e. The van der Waals surface area contributed by atoms with Gasteiger partial charge in [0.1, 0.15) is 0 Å². The van der Waals surface area contributed by atoms with Gasteiger partial charge >= 0.3 is 0 Å². The van der Waals surface area contributed by atoms with Crippen molar-refractivity contribution < 1.29 is 9.47 Å². The zero-order valence-electron chi connectivity index (χ0n) is 7.33. The van der Waals surface area contributed by atoms with E-state index in [2.05, 4.69) is 13.0 Å². The first-order chi connectivity index (χ1) is 6.29. The smallest absolute Gasteiger partial charge is 0.193 e. The summed E-state index contributed by atoms with van der Waals surface area (Å²) in [5, 5.41) is 0. The molecular formula is C9H11ClO2S. The van der Waals surface area contributed by atoms with Crippen molar-refractivity contribution in [1.29, 1.82) is 0 Å². The molecule has 2 nitrogen and oxygen atoms in total. The molecule has 1 aliphatic heterocycles. The molecule has 2 rings (SSSR count). The summed E-state index contributed by atoms with van der Waals surface area (Å²) in [6.07, 6.45) is -0.142. The van der Waals surface area contributed by atoms with E-state index in [9.17, 15) is 0 Å². The molecule has 0 aromatic carbocycles. The summed E-state index contributed by atoms with van der Waals surface area (Å²) in [5.41, 5.74) is 0. The lowest BCUT2D eigenvalue weighted by atomic mass is 10.4. The molecule has 1 aliphatic rings. The summed E-state index contributed by atoms with van der Waals surface area (Å²) in [4.78, 5) is 2.40. The third kappa shape index (κ3) is 2.05. The lowest BCUT2D eigenvalue weighted by Crippen LogP contribution is -2.10. The molecule has 2 heterocycles. The van der Waals surface area contributed by atoms with Crippen LogP contribution in [0.15, 0.2) is 12.1 Å². The van der Waals surface area contributed by atoms with Crippen LogP contribution < -0.4 is 0 Å². The van der Waals surface area contributed by atoms with E-state index in [4.69, 9.17) is 21.1 Å². The van der Waals surface area contributed by atoms with Gasteiger partial charge < -0.3 is 9.47 Å². The number of ether oxygens (including phenoxy) is 2. The van der Waals surface area contributed by atoms with Gasteiger partial charge in [0.05, 0.1) is 23.5 Å². The summed E-state index contributed by atoms with van der Waals surface area (Å²) in [5.74, 6) is 0.501. The molecule has 2 atom stereocenters. The quantitative estimate of drug-likeness (QED) is 0.711. The van der Waals surface area contributed by atoms with Gasteiger partial charge in [0.15, 0.2) is 6.29 Å². The minimum atomic E-state index is -0.192. The molecule has 0 saturated carbocycles. The van der Waals surface area contributed by atoms with Gasteiger partial charge in [-0.3, -0.25) is 0 Å². The molecule has 0 amide bonds. The van der Waals surface area contributed by atoms with Crippen molar-refractivity contribution in [3.05, 3.63) is 21.9 Å². The van der Waals surface area contributed by atoms with Crippen molar-refractivity contribution >= 4 is 22.9 Å². The third-order valence-electron chi connectivity index (χ3n) is 1.92. The number of aryl methyl sites for hydroxylation is 1. The number of rotatable bonds is 2. The fourth-order valence-corrected chi connectivity index (χ4v) is 2.28. The number of hydrogen-bond donors (Lipinski definition) is 0. The highest BCUT2D eigenvalue weighted by Gasteiger charge is 2.27. The predicted octanol–water partition coefficient (Wildman–Crippen LogP) is 2.71. The molecule has 0 bridgehead atoms. The number of halogens is 1. The Morgan fingerprint density at radius 3 is 3.00 bits per heavy atom. The molecule has 0 unspecified atom stereocenters. The molecule has 0 spiro atoms. The Balaban J connectivity index is 2.03. The van der Waals surface area contributed by atoms with Crippen molar-refractivity contribution in [3.8, 4) is 0 Å². The van der Waals surface area contributed by atoms with E-state index in [1.807, 2.05) is 6.07 Å². The van der Waals surface area contributed by atoms with Gasteiger partial charge in [0.2, 0.25) is 0 Å². The topological polar surface area (TPSA) is 18.5 Å². The minimum Gasteiger partial charge on any atom is -0.345 e. The Labute approximate surface area is 86.4 Å². The lowest BCUT2D eigenvalue weighted by Gasteiger charge is -2.06. The molecule has 0 aliphatic carbocycles. The van der Waals surface area contributed by atoms with Gasteiger partial charge in [0.25, 0.3) is 0 Å². The van der Waals surface area contributed by atoms with E-state index < -0.39 is 0 Å². The SMILES string of the molecule is Cc1ccc([C@H]2OC[C@@H](CCl)O2)s1. The van der Waals surface area contributed by atoms with Crippen LogP contribution in [0, 0.1) is 6.92 Å². The normalized spacial score (nSPS) is 28.2. The van der Waals surface area contributed by atoms with Gasteiger partial charge in [0, 0.05) is 4.88 Å².